The Bertz CT molecular complexity index is 5100. The van der Waals surface area contributed by atoms with Gasteiger partial charge >= 0.3 is 17.9 Å². The number of likely N-dealkylation sites (tertiary alicyclic amines) is 2. The number of carbonyl (C=O) groups is 7. The van der Waals surface area contributed by atoms with Gasteiger partial charge in [0.2, 0.25) is 23.6 Å². The number of amides is 4. The molecule has 2 unspecified atom stereocenters. The summed E-state index contributed by atoms with van der Waals surface area (Å²) in [5, 5.41) is 40.1. The monoisotopic (exact) mass is 1500 g/mol. The van der Waals surface area contributed by atoms with Crippen LogP contribution >= 0.6 is 0 Å². The molecule has 111 heavy (non-hydrogen) atoms. The van der Waals surface area contributed by atoms with Gasteiger partial charge in [0.05, 0.1) is 49.1 Å². The van der Waals surface area contributed by atoms with Crippen molar-refractivity contribution in [2.75, 3.05) is 19.6 Å². The molecule has 11 rings (SSSR count). The molecule has 2 saturated heterocycles. The van der Waals surface area contributed by atoms with Crippen LogP contribution in [0.3, 0.4) is 0 Å². The molecule has 0 saturated carbocycles. The predicted octanol–water partition coefficient (Wildman–Crippen LogP) is 14.5. The predicted molar refractivity (Wildman–Crippen MR) is 424 cm³/mol. The number of carbonyl (C=O) groups excluding carboxylic acids is 4. The van der Waals surface area contributed by atoms with E-state index in [-0.39, 0.29) is 61.7 Å². The minimum absolute atomic E-state index is 0.0231. The molecule has 6 heterocycles. The minimum atomic E-state index is -1.21. The number of aryl methyl sites for hydroxylation is 4. The zero-order valence-corrected chi connectivity index (χ0v) is 64.7. The summed E-state index contributed by atoms with van der Waals surface area (Å²) >= 11 is 0. The van der Waals surface area contributed by atoms with Gasteiger partial charge in [-0.15, -0.1) is 0 Å². The van der Waals surface area contributed by atoms with Gasteiger partial charge in [-0.3, -0.25) is 58.0 Å². The van der Waals surface area contributed by atoms with Crippen molar-refractivity contribution in [3.05, 3.63) is 258 Å². The second kappa shape index (κ2) is 35.0. The lowest BCUT2D eigenvalue weighted by atomic mass is 9.85. The number of carboxylic acids is 3. The lowest BCUT2D eigenvalue weighted by molar-refractivity contribution is -0.145. The third-order valence-electron chi connectivity index (χ3n) is 21.5. The fourth-order valence-electron chi connectivity index (χ4n) is 16.1. The molecule has 21 nitrogen and oxygen atoms in total. The highest BCUT2D eigenvalue weighted by Crippen LogP contribution is 2.42. The normalized spacial score (nSPS) is 15.9. The summed E-state index contributed by atoms with van der Waals surface area (Å²) in [6.45, 7) is 21.9. The van der Waals surface area contributed by atoms with Crippen molar-refractivity contribution < 1.29 is 53.3 Å². The van der Waals surface area contributed by atoms with Gasteiger partial charge in [-0.25, -0.2) is 4.39 Å². The van der Waals surface area contributed by atoms with Crippen LogP contribution in [0, 0.1) is 59.3 Å². The summed E-state index contributed by atoms with van der Waals surface area (Å²) < 4.78 is 18.0. The van der Waals surface area contributed by atoms with Crippen LogP contribution in [-0.2, 0) is 33.6 Å². The number of halogens is 1. The van der Waals surface area contributed by atoms with Crippen LogP contribution in [0.15, 0.2) is 180 Å². The standard InChI is InChI=1S/C89H98FN9O12/c1-50(2)36-74(97-35-13-12-20-76(97)100)87(109)94-71(42-80(105)106)62-33-34-92-73(40-62)84-56(9)22-29-68(57(84)10)59-24-26-60(27-25-59)86(99-46-52(5)21-31-78(99)102)89(111)95-72(43-81(107)108)65-39-66(45-91-44-65)83-55(8)23-30-69(58(83)11)85(96-48-67(90)49-96)64-28-32-77(101)98(47-64)75(37-51(3)4)88(110)93-70(41-79(103)104)61-18-15-19-63(38-61)82-53(6)16-14-17-54(82)7/h12-20,22-30,32-35,38-40,44-45,47,50-52,67,70-72,74-75,85-86H,21,31,36-37,41-43,46,48-49H2,1-11H3,(H,93,110)(H,94,109)(H,95,111)(H,103,104)(H,105,106)(H,107,108)/t52?,70-,71-,72-,74-,75-,85?,86-/m0/s1. The Morgan fingerprint density at radius 3 is 1.70 bits per heavy atom. The fraction of sp³-hybridized carbons (Fsp3) is 0.360. The number of nitrogens with zero attached hydrogens (tertiary/aromatic N) is 6. The summed E-state index contributed by atoms with van der Waals surface area (Å²) in [6, 6.07) is 34.5. The van der Waals surface area contributed by atoms with E-state index in [0.29, 0.717) is 51.9 Å². The van der Waals surface area contributed by atoms with E-state index in [9.17, 15) is 53.7 Å². The summed E-state index contributed by atoms with van der Waals surface area (Å²) in [6.07, 6.45) is 6.70. The van der Waals surface area contributed by atoms with Gasteiger partial charge in [-0.1, -0.05) is 132 Å². The molecule has 0 spiro atoms. The van der Waals surface area contributed by atoms with Gasteiger partial charge in [-0.05, 0) is 203 Å². The molecule has 578 valence electrons. The van der Waals surface area contributed by atoms with E-state index in [2.05, 4.69) is 20.9 Å². The summed E-state index contributed by atoms with van der Waals surface area (Å²) in [4.78, 5) is 137. The Morgan fingerprint density at radius 1 is 0.523 bits per heavy atom. The van der Waals surface area contributed by atoms with Crippen molar-refractivity contribution in [1.29, 1.82) is 0 Å². The maximum atomic E-state index is 15.4. The number of hydrogen-bond donors (Lipinski definition) is 6. The summed E-state index contributed by atoms with van der Waals surface area (Å²) in [5.74, 6) is -5.44. The van der Waals surface area contributed by atoms with Crippen LogP contribution in [0.25, 0.3) is 44.6 Å². The fourth-order valence-corrected chi connectivity index (χ4v) is 16.1. The highest BCUT2D eigenvalue weighted by atomic mass is 19.1. The first-order valence-electron chi connectivity index (χ1n) is 37.9. The van der Waals surface area contributed by atoms with Gasteiger partial charge in [0.15, 0.2) is 0 Å². The van der Waals surface area contributed by atoms with Crippen molar-refractivity contribution in [2.45, 2.75) is 170 Å². The lowest BCUT2D eigenvalue weighted by Crippen LogP contribution is -2.50. The SMILES string of the molecule is Cc1cccc(C)c1-c1cccc([C@H](CC(=O)O)NC(=O)[C@H](CC(C)C)n2cc(C(c3ccc(C)c(-c4cncc([C@H](CC(=O)O)NC(=O)[C@H](c5ccc(-c6ccc(C)c(-c7cc([C@H](CC(=O)O)NC(=O)[C@H](CC(C)C)n8ccccc8=O)ccn7)c6C)cc5)N5CC(C)CCC5=O)c4)c3C)N3CC(F)C3)ccc2=O)c1. The van der Waals surface area contributed by atoms with Crippen LogP contribution < -0.4 is 27.1 Å². The number of pyridine rings is 4. The maximum absolute atomic E-state index is 15.4. The minimum Gasteiger partial charge on any atom is -0.481 e. The van der Waals surface area contributed by atoms with E-state index in [0.717, 1.165) is 72.3 Å². The average molecular weight is 1500 g/mol. The van der Waals surface area contributed by atoms with Crippen LogP contribution in [0.5, 0.6) is 0 Å². The van der Waals surface area contributed by atoms with Crippen molar-refractivity contribution in [3.8, 4) is 44.6 Å². The number of aromatic nitrogens is 4. The molecule has 0 radical (unpaired) electrons. The smallest absolute Gasteiger partial charge is 0.305 e. The maximum Gasteiger partial charge on any atom is 0.305 e. The highest BCUT2D eigenvalue weighted by Gasteiger charge is 2.39. The molecule has 9 aromatic rings. The topological polar surface area (TPSA) is 293 Å². The summed E-state index contributed by atoms with van der Waals surface area (Å²) in [7, 11) is 0. The Balaban J connectivity index is 0.883. The third kappa shape index (κ3) is 18.7. The third-order valence-corrected chi connectivity index (χ3v) is 21.5. The number of carboxylic acid groups (broad SMARTS) is 3. The van der Waals surface area contributed by atoms with E-state index in [1.807, 2.05) is 154 Å². The molecular formula is C89H98FN9O12. The van der Waals surface area contributed by atoms with Gasteiger partial charge in [0.1, 0.15) is 24.3 Å². The molecule has 0 bridgehead atoms. The molecule has 2 aliphatic heterocycles. The Labute approximate surface area is 646 Å². The van der Waals surface area contributed by atoms with Crippen molar-refractivity contribution >= 4 is 41.5 Å². The van der Waals surface area contributed by atoms with Gasteiger partial charge in [0.25, 0.3) is 11.1 Å². The van der Waals surface area contributed by atoms with Gasteiger partial charge in [0, 0.05) is 80.3 Å². The number of nitrogens with one attached hydrogen (secondary N) is 3. The van der Waals surface area contributed by atoms with E-state index >= 15 is 9.18 Å². The number of rotatable bonds is 30. The molecule has 0 aliphatic carbocycles. The molecule has 2 aliphatic rings. The highest BCUT2D eigenvalue weighted by molar-refractivity contribution is 5.91. The Kier molecular flexibility index (Phi) is 25.4. The van der Waals surface area contributed by atoms with E-state index in [1.54, 1.807) is 84.3 Å². The average Bonchev–Trinajstić information content (AvgIpc) is 0.758. The quantitative estimate of drug-likeness (QED) is 0.0244. The number of alkyl halides is 1. The Morgan fingerprint density at radius 2 is 1.08 bits per heavy atom. The zero-order valence-electron chi connectivity index (χ0n) is 64.7. The number of benzene rings is 5. The molecule has 22 heteroatoms. The van der Waals surface area contributed by atoms with Gasteiger partial charge in [-0.2, -0.15) is 0 Å². The lowest BCUT2D eigenvalue weighted by Gasteiger charge is -2.42. The molecule has 2 fully saturated rings. The van der Waals surface area contributed by atoms with Crippen LogP contribution in [0.2, 0.25) is 0 Å². The molecule has 6 N–H and O–H groups in total. The van der Waals surface area contributed by atoms with E-state index < -0.39 is 109 Å². The first-order chi connectivity index (χ1) is 52.9. The largest absolute Gasteiger partial charge is 0.481 e. The van der Waals surface area contributed by atoms with Crippen LogP contribution in [-0.4, -0.2) is 112 Å². The van der Waals surface area contributed by atoms with Crippen molar-refractivity contribution in [2.24, 2.45) is 17.8 Å². The Hall–Kier alpha value is -11.5. The van der Waals surface area contributed by atoms with Gasteiger partial charge < -0.3 is 45.3 Å². The van der Waals surface area contributed by atoms with Crippen LogP contribution in [0.4, 0.5) is 4.39 Å². The first kappa shape index (κ1) is 80.5. The van der Waals surface area contributed by atoms with Crippen molar-refractivity contribution in [1.82, 2.24) is 44.9 Å². The second-order valence-corrected chi connectivity index (χ2v) is 30.9. The summed E-state index contributed by atoms with van der Waals surface area (Å²) in [5.41, 5.74) is 13.8. The molecule has 5 aromatic carbocycles. The molecule has 4 aromatic heterocycles. The number of aliphatic carboxylic acids is 3. The molecular weight excluding hydrogens is 1410 g/mol. The number of hydrogen-bond acceptors (Lipinski definition) is 12. The molecule has 8 atom stereocenters. The van der Waals surface area contributed by atoms with Crippen molar-refractivity contribution in [3.63, 3.8) is 0 Å². The van der Waals surface area contributed by atoms with E-state index in [1.165, 1.54) is 27.5 Å². The second-order valence-electron chi connectivity index (χ2n) is 30.9. The van der Waals surface area contributed by atoms with E-state index in [4.69, 9.17) is 4.98 Å². The molecule has 4 amide bonds. The number of piperidine rings is 1. The first-order valence-corrected chi connectivity index (χ1v) is 37.9. The van der Waals surface area contributed by atoms with Crippen LogP contribution in [0.1, 0.15) is 189 Å². The zero-order chi connectivity index (χ0) is 79.8.